The molecule has 15 heteroatoms. The molecule has 0 aromatic carbocycles. The van der Waals surface area contributed by atoms with Gasteiger partial charge in [0.05, 0.1) is 17.1 Å². The first-order valence-corrected chi connectivity index (χ1v) is 17.4. The van der Waals surface area contributed by atoms with Crippen LogP contribution in [0.15, 0.2) is 0 Å². The van der Waals surface area contributed by atoms with E-state index in [1.807, 2.05) is 41.5 Å². The second kappa shape index (κ2) is 21.0. The number of carbonyl (C=O) groups excluding carboxylic acids is 3. The summed E-state index contributed by atoms with van der Waals surface area (Å²) in [6.45, 7) is 17.5. The lowest BCUT2D eigenvalue weighted by Gasteiger charge is -2.42. The van der Waals surface area contributed by atoms with E-state index < -0.39 is 70.9 Å². The van der Waals surface area contributed by atoms with Gasteiger partial charge in [0.1, 0.15) is 17.7 Å². The molecule has 50 heavy (non-hydrogen) atoms. The van der Waals surface area contributed by atoms with Gasteiger partial charge in [-0.25, -0.2) is 14.4 Å². The number of ether oxygens (including phenoxy) is 2. The van der Waals surface area contributed by atoms with Crippen molar-refractivity contribution in [2.45, 2.75) is 162 Å². The van der Waals surface area contributed by atoms with E-state index >= 15 is 0 Å². The standard InChI is InChI=1S/C35H63N3O12/c1-23(34(6,7)48)30(46)50-35(8,9)32(2,3)20-22-49-33(4,5)19-13-10-11-16-26(39)36-21-14-12-15-24(28(42)43)37-31(47)38-25(29(44)45)17-18-27(40)41/h23-25,48H,10-22H2,1-9H3,(H,36,39)(H,40,41)(H,42,43)(H,44,45)(H2,37,38,47)/t23?,24-,25-/m0/s1. The highest BCUT2D eigenvalue weighted by Gasteiger charge is 2.43. The predicted octanol–water partition coefficient (Wildman–Crippen LogP) is 4.23. The van der Waals surface area contributed by atoms with Crippen LogP contribution in [0.5, 0.6) is 0 Å². The van der Waals surface area contributed by atoms with Crippen LogP contribution < -0.4 is 16.0 Å². The highest BCUT2D eigenvalue weighted by molar-refractivity contribution is 5.86. The maximum Gasteiger partial charge on any atom is 0.326 e. The molecule has 0 bridgehead atoms. The van der Waals surface area contributed by atoms with E-state index in [0.717, 1.165) is 19.3 Å². The topological polar surface area (TPSA) is 238 Å². The Balaban J connectivity index is 4.38. The number of aliphatic hydroxyl groups is 1. The van der Waals surface area contributed by atoms with Gasteiger partial charge >= 0.3 is 29.9 Å². The van der Waals surface area contributed by atoms with Gasteiger partial charge in [-0.1, -0.05) is 26.7 Å². The van der Waals surface area contributed by atoms with Gasteiger partial charge in [-0.05, 0) is 93.4 Å². The van der Waals surface area contributed by atoms with Gasteiger partial charge in [-0.3, -0.25) is 14.4 Å². The van der Waals surface area contributed by atoms with Gasteiger partial charge in [-0.2, -0.15) is 0 Å². The summed E-state index contributed by atoms with van der Waals surface area (Å²) in [6, 6.07) is -3.79. The Kier molecular flexibility index (Phi) is 19.6. The fourth-order valence-electron chi connectivity index (χ4n) is 4.67. The average molecular weight is 718 g/mol. The molecule has 0 saturated heterocycles. The van der Waals surface area contributed by atoms with Crippen molar-refractivity contribution in [3.05, 3.63) is 0 Å². The molecule has 3 atom stereocenters. The number of hydrogen-bond acceptors (Lipinski definition) is 9. The quantitative estimate of drug-likeness (QED) is 0.0492. The van der Waals surface area contributed by atoms with Crippen molar-refractivity contribution in [3.63, 3.8) is 0 Å². The SMILES string of the molecule is CC(C(=O)OC(C)(C)C(C)(C)CCOC(C)(C)CCCCCC(=O)NCCCC[C@H](NC(=O)N[C@@H](CCC(=O)O)C(=O)O)C(=O)O)C(C)(C)O. The largest absolute Gasteiger partial charge is 0.481 e. The molecule has 0 aliphatic carbocycles. The number of carboxylic acids is 3. The molecule has 1 unspecified atom stereocenters. The summed E-state index contributed by atoms with van der Waals surface area (Å²) < 4.78 is 12.0. The van der Waals surface area contributed by atoms with E-state index in [2.05, 4.69) is 16.0 Å². The number of aliphatic carboxylic acids is 3. The number of urea groups is 1. The number of unbranched alkanes of at least 4 members (excludes halogenated alkanes) is 3. The summed E-state index contributed by atoms with van der Waals surface area (Å²) in [6.07, 6.45) is 4.25. The summed E-state index contributed by atoms with van der Waals surface area (Å²) in [4.78, 5) is 70.4. The van der Waals surface area contributed by atoms with Crippen LogP contribution in [0.2, 0.25) is 0 Å². The molecule has 0 spiro atoms. The number of rotatable bonds is 26. The lowest BCUT2D eigenvalue weighted by atomic mass is 9.74. The first-order valence-electron chi connectivity index (χ1n) is 17.4. The van der Waals surface area contributed by atoms with E-state index in [-0.39, 0.29) is 24.3 Å². The summed E-state index contributed by atoms with van der Waals surface area (Å²) in [5, 5.41) is 44.5. The Hall–Kier alpha value is -3.46. The first-order chi connectivity index (χ1) is 22.8. The van der Waals surface area contributed by atoms with Crippen LogP contribution in [0.1, 0.15) is 133 Å². The van der Waals surface area contributed by atoms with Gasteiger partial charge < -0.3 is 45.9 Å². The molecule has 15 nitrogen and oxygen atoms in total. The van der Waals surface area contributed by atoms with Crippen LogP contribution in [-0.4, -0.2) is 98.3 Å². The Morgan fingerprint density at radius 3 is 1.78 bits per heavy atom. The maximum atomic E-state index is 12.6. The van der Waals surface area contributed by atoms with Crippen LogP contribution in [-0.2, 0) is 33.4 Å². The molecule has 7 N–H and O–H groups in total. The van der Waals surface area contributed by atoms with Gasteiger partial charge in [0.15, 0.2) is 0 Å². The highest BCUT2D eigenvalue weighted by Crippen LogP contribution is 2.38. The number of amides is 3. The Morgan fingerprint density at radius 2 is 1.26 bits per heavy atom. The van der Waals surface area contributed by atoms with Crippen molar-refractivity contribution in [1.29, 1.82) is 0 Å². The molecule has 0 radical (unpaired) electrons. The minimum Gasteiger partial charge on any atom is -0.481 e. The third-order valence-electron chi connectivity index (χ3n) is 9.40. The predicted molar refractivity (Wildman–Crippen MR) is 185 cm³/mol. The molecule has 0 aliphatic rings. The molecule has 0 rings (SSSR count). The fraction of sp³-hybridized carbons (Fsp3) is 0.829. The van der Waals surface area contributed by atoms with E-state index in [9.17, 15) is 39.0 Å². The molecule has 0 aliphatic heterocycles. The second-order valence-electron chi connectivity index (χ2n) is 15.3. The Morgan fingerprint density at radius 1 is 0.700 bits per heavy atom. The van der Waals surface area contributed by atoms with E-state index in [1.54, 1.807) is 20.8 Å². The van der Waals surface area contributed by atoms with E-state index in [1.165, 1.54) is 0 Å². The van der Waals surface area contributed by atoms with Crippen LogP contribution in [0, 0.1) is 11.3 Å². The van der Waals surface area contributed by atoms with Gasteiger partial charge in [0, 0.05) is 31.4 Å². The third-order valence-corrected chi connectivity index (χ3v) is 9.40. The van der Waals surface area contributed by atoms with Gasteiger partial charge in [-0.15, -0.1) is 0 Å². The number of carboxylic acid groups (broad SMARTS) is 3. The second-order valence-corrected chi connectivity index (χ2v) is 15.3. The number of carbonyl (C=O) groups is 6. The summed E-state index contributed by atoms with van der Waals surface area (Å²) in [5.41, 5.74) is -2.73. The minimum atomic E-state index is -1.48. The Labute approximate surface area is 296 Å². The number of nitrogens with one attached hydrogen (secondary N) is 3. The Bertz CT molecular complexity index is 1130. The summed E-state index contributed by atoms with van der Waals surface area (Å²) in [7, 11) is 0. The van der Waals surface area contributed by atoms with Crippen molar-refractivity contribution in [2.24, 2.45) is 11.3 Å². The zero-order valence-electron chi connectivity index (χ0n) is 31.5. The molecule has 0 aromatic rings. The van der Waals surface area contributed by atoms with Crippen molar-refractivity contribution in [1.82, 2.24) is 16.0 Å². The monoisotopic (exact) mass is 717 g/mol. The average Bonchev–Trinajstić information content (AvgIpc) is 2.96. The number of hydrogen-bond donors (Lipinski definition) is 7. The van der Waals surface area contributed by atoms with Crippen molar-refractivity contribution in [3.8, 4) is 0 Å². The number of esters is 1. The smallest absolute Gasteiger partial charge is 0.326 e. The van der Waals surface area contributed by atoms with Gasteiger partial charge in [0.2, 0.25) is 5.91 Å². The van der Waals surface area contributed by atoms with Crippen molar-refractivity contribution < 1.29 is 58.7 Å². The van der Waals surface area contributed by atoms with Crippen molar-refractivity contribution >= 4 is 35.8 Å². The van der Waals surface area contributed by atoms with Gasteiger partial charge in [0.25, 0.3) is 0 Å². The lowest BCUT2D eigenvalue weighted by Crippen LogP contribution is -2.51. The molecule has 3 amide bonds. The minimum absolute atomic E-state index is 0.0500. The van der Waals surface area contributed by atoms with Crippen LogP contribution in [0.3, 0.4) is 0 Å². The first kappa shape index (κ1) is 46.5. The molecular weight excluding hydrogens is 654 g/mol. The zero-order valence-corrected chi connectivity index (χ0v) is 31.5. The normalized spacial score (nSPS) is 14.2. The van der Waals surface area contributed by atoms with E-state index in [4.69, 9.17) is 19.7 Å². The lowest BCUT2D eigenvalue weighted by molar-refractivity contribution is -0.182. The summed E-state index contributed by atoms with van der Waals surface area (Å²) >= 11 is 0. The van der Waals surface area contributed by atoms with Crippen LogP contribution >= 0.6 is 0 Å². The maximum absolute atomic E-state index is 12.6. The summed E-state index contributed by atoms with van der Waals surface area (Å²) in [5.74, 6) is -5.19. The van der Waals surface area contributed by atoms with Crippen LogP contribution in [0.25, 0.3) is 0 Å². The molecular formula is C35H63N3O12. The molecule has 290 valence electrons. The molecule has 0 aromatic heterocycles. The molecule has 0 heterocycles. The third kappa shape index (κ3) is 19.1. The van der Waals surface area contributed by atoms with Crippen molar-refractivity contribution in [2.75, 3.05) is 13.2 Å². The van der Waals surface area contributed by atoms with E-state index in [0.29, 0.717) is 45.3 Å². The van der Waals surface area contributed by atoms with Crippen LogP contribution in [0.4, 0.5) is 4.79 Å². The highest BCUT2D eigenvalue weighted by atomic mass is 16.6. The fourth-order valence-corrected chi connectivity index (χ4v) is 4.67. The zero-order chi connectivity index (χ0) is 38.9. The molecule has 0 fully saturated rings. The molecule has 0 saturated carbocycles.